The summed E-state index contributed by atoms with van der Waals surface area (Å²) >= 11 is 0. The Bertz CT molecular complexity index is 490. The third kappa shape index (κ3) is 4.75. The molecule has 0 bridgehead atoms. The molecule has 25 heavy (non-hydrogen) atoms. The lowest BCUT2D eigenvalue weighted by Gasteiger charge is -2.47. The summed E-state index contributed by atoms with van der Waals surface area (Å²) in [5, 5.41) is 10.7. The van der Waals surface area contributed by atoms with Crippen molar-refractivity contribution in [2.75, 3.05) is 6.61 Å². The van der Waals surface area contributed by atoms with Gasteiger partial charge in [-0.25, -0.2) is 0 Å². The van der Waals surface area contributed by atoms with Gasteiger partial charge in [0.15, 0.2) is 0 Å². The summed E-state index contributed by atoms with van der Waals surface area (Å²) in [6.45, 7) is 15.1. The van der Waals surface area contributed by atoms with Crippen LogP contribution in [0.3, 0.4) is 0 Å². The van der Waals surface area contributed by atoms with Crippen LogP contribution in [0.2, 0.25) is 22.7 Å². The molecule has 0 amide bonds. The van der Waals surface area contributed by atoms with Gasteiger partial charge >= 0.3 is 0 Å². The number of hydrogen-bond acceptors (Lipinski definition) is 2. The van der Waals surface area contributed by atoms with Crippen LogP contribution in [-0.2, 0) is 11.2 Å². The maximum absolute atomic E-state index is 10.7. The van der Waals surface area contributed by atoms with Crippen molar-refractivity contribution in [3.8, 4) is 0 Å². The molecule has 1 saturated heterocycles. The maximum atomic E-state index is 10.7. The zero-order chi connectivity index (χ0) is 18.6. The Labute approximate surface area is 156 Å². The summed E-state index contributed by atoms with van der Waals surface area (Å²) in [6.07, 6.45) is 1.71. The topological polar surface area (TPSA) is 29.5 Å². The first-order valence-corrected chi connectivity index (χ1v) is 12.5. The Balaban J connectivity index is 2.02. The Morgan fingerprint density at radius 2 is 1.56 bits per heavy atom. The molecule has 0 aliphatic carbocycles. The molecule has 0 unspecified atom stereocenters. The predicted molar refractivity (Wildman–Crippen MR) is 110 cm³/mol. The van der Waals surface area contributed by atoms with E-state index in [1.165, 1.54) is 11.6 Å². The van der Waals surface area contributed by atoms with Crippen molar-refractivity contribution in [2.45, 2.75) is 89.3 Å². The highest BCUT2D eigenvalue weighted by Crippen LogP contribution is 2.46. The van der Waals surface area contributed by atoms with E-state index in [9.17, 15) is 5.11 Å². The first kappa shape index (κ1) is 20.7. The van der Waals surface area contributed by atoms with Gasteiger partial charge in [0.25, 0.3) is 0 Å². The Kier molecular flexibility index (Phi) is 7.30. The van der Waals surface area contributed by atoms with Crippen molar-refractivity contribution in [3.63, 3.8) is 0 Å². The molecule has 3 atom stereocenters. The molecule has 1 fully saturated rings. The summed E-state index contributed by atoms with van der Waals surface area (Å²) in [6, 6.07) is 11.7. The lowest BCUT2D eigenvalue weighted by atomic mass is 9.89. The minimum absolute atomic E-state index is 0.229. The first-order valence-electron chi connectivity index (χ1n) is 10.1. The number of benzene rings is 1. The van der Waals surface area contributed by atoms with Gasteiger partial charge in [0.05, 0.1) is 26.9 Å². The van der Waals surface area contributed by atoms with Crippen molar-refractivity contribution < 1.29 is 9.84 Å². The number of rotatable bonds is 7. The summed E-state index contributed by atoms with van der Waals surface area (Å²) in [4.78, 5) is 0. The van der Waals surface area contributed by atoms with E-state index in [0.29, 0.717) is 6.61 Å². The predicted octanol–water partition coefficient (Wildman–Crippen LogP) is 5.67. The van der Waals surface area contributed by atoms with E-state index in [2.05, 4.69) is 65.8 Å². The van der Waals surface area contributed by atoms with Gasteiger partial charge in [0, 0.05) is 5.92 Å². The van der Waals surface area contributed by atoms with Gasteiger partial charge in [0.2, 0.25) is 0 Å². The normalized spacial score (nSPS) is 25.1. The molecule has 3 heteroatoms. The van der Waals surface area contributed by atoms with Gasteiger partial charge in [-0.05, 0) is 24.4 Å². The molecule has 142 valence electrons. The molecule has 0 radical (unpaired) electrons. The average Bonchev–Trinajstić information content (AvgIpc) is 2.55. The van der Waals surface area contributed by atoms with Crippen LogP contribution in [0.1, 0.15) is 53.5 Å². The molecule has 1 N–H and O–H groups in total. The standard InChI is InChI=1S/C22H38O2Si/c1-16(2)25(17(3)4,18(5)6)15-21-13-22(23)20(14-24-21)12-19-10-8-7-9-11-19/h7-11,16-18,20-23H,12-15H2,1-6H3/t20-,21-,22-/m1/s1. The monoisotopic (exact) mass is 362 g/mol. The molecule has 1 heterocycles. The molecule has 0 spiro atoms. The Morgan fingerprint density at radius 1 is 1.00 bits per heavy atom. The maximum Gasteiger partial charge on any atom is 0.0638 e. The van der Waals surface area contributed by atoms with E-state index < -0.39 is 8.07 Å². The lowest BCUT2D eigenvalue weighted by molar-refractivity contribution is -0.0758. The molecular weight excluding hydrogens is 324 g/mol. The molecule has 1 aromatic carbocycles. The smallest absolute Gasteiger partial charge is 0.0638 e. The highest BCUT2D eigenvalue weighted by Gasteiger charge is 2.45. The largest absolute Gasteiger partial charge is 0.393 e. The second-order valence-electron chi connectivity index (χ2n) is 8.99. The molecule has 1 aliphatic heterocycles. The van der Waals surface area contributed by atoms with E-state index in [-0.39, 0.29) is 18.1 Å². The van der Waals surface area contributed by atoms with E-state index in [1.807, 2.05) is 6.07 Å². The third-order valence-electron chi connectivity index (χ3n) is 6.74. The lowest BCUT2D eigenvalue weighted by Crippen LogP contribution is -2.49. The van der Waals surface area contributed by atoms with Gasteiger partial charge in [-0.1, -0.05) is 88.5 Å². The third-order valence-corrected chi connectivity index (χ3v) is 14.4. The molecule has 0 aromatic heterocycles. The van der Waals surface area contributed by atoms with Crippen molar-refractivity contribution in [1.82, 2.24) is 0 Å². The summed E-state index contributed by atoms with van der Waals surface area (Å²) in [5.41, 5.74) is 3.53. The molecule has 2 rings (SSSR count). The fraction of sp³-hybridized carbons (Fsp3) is 0.727. The van der Waals surface area contributed by atoms with E-state index >= 15 is 0 Å². The number of ether oxygens (including phenoxy) is 1. The van der Waals surface area contributed by atoms with Crippen LogP contribution in [-0.4, -0.2) is 32.0 Å². The van der Waals surface area contributed by atoms with Gasteiger partial charge < -0.3 is 9.84 Å². The summed E-state index contributed by atoms with van der Waals surface area (Å²) in [5.74, 6) is 0.229. The van der Waals surface area contributed by atoms with Crippen LogP contribution in [0.25, 0.3) is 0 Å². The number of aliphatic hydroxyl groups excluding tert-OH is 1. The van der Waals surface area contributed by atoms with Crippen LogP contribution in [0, 0.1) is 5.92 Å². The second kappa shape index (κ2) is 8.83. The molecule has 1 aliphatic rings. The quantitative estimate of drug-likeness (QED) is 0.633. The number of aliphatic hydroxyl groups is 1. The second-order valence-corrected chi connectivity index (χ2v) is 15.1. The first-order chi connectivity index (χ1) is 11.8. The average molecular weight is 363 g/mol. The fourth-order valence-electron chi connectivity index (χ4n) is 5.26. The van der Waals surface area contributed by atoms with Crippen LogP contribution in [0.5, 0.6) is 0 Å². The van der Waals surface area contributed by atoms with E-state index in [1.54, 1.807) is 0 Å². The van der Waals surface area contributed by atoms with Crippen LogP contribution in [0.15, 0.2) is 30.3 Å². The van der Waals surface area contributed by atoms with Gasteiger partial charge in [-0.3, -0.25) is 0 Å². The van der Waals surface area contributed by atoms with Gasteiger partial charge in [-0.2, -0.15) is 0 Å². The minimum atomic E-state index is -1.48. The van der Waals surface area contributed by atoms with Crippen LogP contribution >= 0.6 is 0 Å². The molecule has 2 nitrogen and oxygen atoms in total. The number of hydrogen-bond donors (Lipinski definition) is 1. The molecular formula is C22H38O2Si. The Morgan fingerprint density at radius 3 is 2.04 bits per heavy atom. The SMILES string of the molecule is CC(C)[Si](C[C@H]1C[C@@H](O)[C@H](Cc2ccccc2)CO1)(C(C)C)C(C)C. The van der Waals surface area contributed by atoms with Crippen molar-refractivity contribution >= 4 is 8.07 Å². The summed E-state index contributed by atoms with van der Waals surface area (Å²) in [7, 11) is -1.48. The van der Waals surface area contributed by atoms with Crippen LogP contribution in [0.4, 0.5) is 0 Å². The summed E-state index contributed by atoms with van der Waals surface area (Å²) < 4.78 is 6.31. The molecule has 0 saturated carbocycles. The minimum Gasteiger partial charge on any atom is -0.393 e. The van der Waals surface area contributed by atoms with Crippen molar-refractivity contribution in [1.29, 1.82) is 0 Å². The molecule has 1 aromatic rings. The van der Waals surface area contributed by atoms with Gasteiger partial charge in [0.1, 0.15) is 0 Å². The van der Waals surface area contributed by atoms with Crippen molar-refractivity contribution in [3.05, 3.63) is 35.9 Å². The zero-order valence-corrected chi connectivity index (χ0v) is 18.0. The highest BCUT2D eigenvalue weighted by atomic mass is 28.3. The van der Waals surface area contributed by atoms with E-state index in [0.717, 1.165) is 29.5 Å². The fourth-order valence-corrected chi connectivity index (χ4v) is 11.7. The van der Waals surface area contributed by atoms with E-state index in [4.69, 9.17) is 4.74 Å². The van der Waals surface area contributed by atoms with Crippen LogP contribution < -0.4 is 0 Å². The van der Waals surface area contributed by atoms with Gasteiger partial charge in [-0.15, -0.1) is 0 Å². The zero-order valence-electron chi connectivity index (χ0n) is 17.0. The Hall–Kier alpha value is -0.643. The van der Waals surface area contributed by atoms with Crippen molar-refractivity contribution in [2.24, 2.45) is 5.92 Å². The highest BCUT2D eigenvalue weighted by molar-refractivity contribution is 6.83.